The average Bonchev–Trinajstić information content (AvgIpc) is 2.20. The van der Waals surface area contributed by atoms with Gasteiger partial charge in [0, 0.05) is 10.7 Å². The number of halogens is 3. The first-order valence-electron chi connectivity index (χ1n) is 5.88. The third kappa shape index (κ3) is 3.71. The van der Waals surface area contributed by atoms with E-state index in [1.165, 1.54) is 0 Å². The number of hydrogen-bond acceptors (Lipinski definition) is 3. The molecule has 3 nitrogen and oxygen atoms in total. The van der Waals surface area contributed by atoms with Crippen molar-refractivity contribution in [3.05, 3.63) is 23.8 Å². The summed E-state index contributed by atoms with van der Waals surface area (Å²) < 4.78 is 55.5. The molecule has 0 radical (unpaired) electrons. The van der Waals surface area contributed by atoms with Crippen LogP contribution < -0.4 is 4.43 Å². The fourth-order valence-corrected chi connectivity index (χ4v) is 2.95. The number of rotatable bonds is 3. The first kappa shape index (κ1) is 17.4. The van der Waals surface area contributed by atoms with Gasteiger partial charge in [-0.15, -0.1) is 0 Å². The Morgan fingerprint density at radius 2 is 1.55 bits per heavy atom. The average molecular weight is 343 g/mol. The summed E-state index contributed by atoms with van der Waals surface area (Å²) in [4.78, 5) is -0.628. The summed E-state index contributed by atoms with van der Waals surface area (Å²) in [5.41, 5.74) is 0. The van der Waals surface area contributed by atoms with Gasteiger partial charge in [0.25, 0.3) is 17.4 Å². The zero-order valence-electron chi connectivity index (χ0n) is 11.9. The molecule has 0 bridgehead atoms. The molecule has 0 aliphatic rings. The SMILES string of the molecule is CC(C)(C)[Si](C)(C)Oc1c(F)cc(S(=O)(=O)Cl)cc1F. The highest BCUT2D eigenvalue weighted by molar-refractivity contribution is 8.13. The molecule has 114 valence electrons. The van der Waals surface area contributed by atoms with Crippen LogP contribution >= 0.6 is 10.7 Å². The van der Waals surface area contributed by atoms with Gasteiger partial charge in [0.2, 0.25) is 0 Å². The van der Waals surface area contributed by atoms with E-state index in [1.54, 1.807) is 0 Å². The minimum Gasteiger partial charge on any atom is -0.540 e. The second-order valence-corrected chi connectivity index (χ2v) is 13.3. The van der Waals surface area contributed by atoms with Crippen molar-refractivity contribution in [2.75, 3.05) is 0 Å². The molecule has 0 unspecified atom stereocenters. The van der Waals surface area contributed by atoms with E-state index in [9.17, 15) is 17.2 Å². The van der Waals surface area contributed by atoms with Gasteiger partial charge in [-0.05, 0) is 30.3 Å². The van der Waals surface area contributed by atoms with Crippen molar-refractivity contribution in [3.63, 3.8) is 0 Å². The smallest absolute Gasteiger partial charge is 0.261 e. The van der Waals surface area contributed by atoms with E-state index < -0.39 is 39.6 Å². The maximum atomic E-state index is 13.9. The van der Waals surface area contributed by atoms with E-state index in [4.69, 9.17) is 15.1 Å². The van der Waals surface area contributed by atoms with Gasteiger partial charge in [0.05, 0.1) is 4.90 Å². The molecule has 0 heterocycles. The Kier molecular flexibility index (Phi) is 4.58. The molecule has 0 fully saturated rings. The maximum absolute atomic E-state index is 13.9. The highest BCUT2D eigenvalue weighted by Crippen LogP contribution is 2.39. The minimum absolute atomic E-state index is 0.247. The minimum atomic E-state index is -4.19. The maximum Gasteiger partial charge on any atom is 0.261 e. The van der Waals surface area contributed by atoms with E-state index in [1.807, 2.05) is 33.9 Å². The summed E-state index contributed by atoms with van der Waals surface area (Å²) >= 11 is 0. The second kappa shape index (κ2) is 5.27. The van der Waals surface area contributed by atoms with E-state index in [0.717, 1.165) is 0 Å². The molecule has 8 heteroatoms. The fraction of sp³-hybridized carbons (Fsp3) is 0.500. The van der Waals surface area contributed by atoms with Crippen LogP contribution in [-0.2, 0) is 9.05 Å². The molecule has 0 amide bonds. The first-order valence-corrected chi connectivity index (χ1v) is 11.1. The van der Waals surface area contributed by atoms with Crippen LogP contribution in [0.4, 0.5) is 8.78 Å². The molecule has 20 heavy (non-hydrogen) atoms. The summed E-state index contributed by atoms with van der Waals surface area (Å²) in [5.74, 6) is -2.70. The first-order chi connectivity index (χ1) is 8.75. The lowest BCUT2D eigenvalue weighted by Crippen LogP contribution is -2.44. The number of hydrogen-bond donors (Lipinski definition) is 0. The largest absolute Gasteiger partial charge is 0.540 e. The summed E-state index contributed by atoms with van der Waals surface area (Å²) in [6.45, 7) is 9.43. The van der Waals surface area contributed by atoms with Gasteiger partial charge in [-0.25, -0.2) is 17.2 Å². The Morgan fingerprint density at radius 1 is 1.15 bits per heavy atom. The van der Waals surface area contributed by atoms with Gasteiger partial charge in [-0.2, -0.15) is 0 Å². The fourth-order valence-electron chi connectivity index (χ4n) is 1.18. The van der Waals surface area contributed by atoms with E-state index in [2.05, 4.69) is 0 Å². The van der Waals surface area contributed by atoms with Crippen LogP contribution in [0, 0.1) is 11.6 Å². The Hall–Kier alpha value is -0.663. The Balaban J connectivity index is 3.30. The van der Waals surface area contributed by atoms with Crippen molar-refractivity contribution in [2.24, 2.45) is 0 Å². The molecule has 0 N–H and O–H groups in total. The second-order valence-electron chi connectivity index (χ2n) is 6.02. The molecular formula is C12H17ClF2O3SSi. The highest BCUT2D eigenvalue weighted by Gasteiger charge is 2.40. The zero-order valence-corrected chi connectivity index (χ0v) is 14.5. The highest BCUT2D eigenvalue weighted by atomic mass is 35.7. The van der Waals surface area contributed by atoms with Crippen molar-refractivity contribution in [1.29, 1.82) is 0 Å². The van der Waals surface area contributed by atoms with E-state index in [-0.39, 0.29) is 5.04 Å². The monoisotopic (exact) mass is 342 g/mol. The summed E-state index contributed by atoms with van der Waals surface area (Å²) in [5, 5.41) is -0.247. The van der Waals surface area contributed by atoms with Gasteiger partial charge in [-0.3, -0.25) is 0 Å². The van der Waals surface area contributed by atoms with Crippen LogP contribution in [0.3, 0.4) is 0 Å². The summed E-state index contributed by atoms with van der Waals surface area (Å²) in [6, 6.07) is 1.32. The predicted molar refractivity (Wildman–Crippen MR) is 77.2 cm³/mol. The van der Waals surface area contributed by atoms with Crippen molar-refractivity contribution in [2.45, 2.75) is 43.8 Å². The Bertz CT molecular complexity index is 601. The molecular weight excluding hydrogens is 326 g/mol. The van der Waals surface area contributed by atoms with Crippen molar-refractivity contribution >= 4 is 28.1 Å². The molecule has 1 rings (SSSR count). The molecule has 0 aliphatic heterocycles. The summed E-state index contributed by atoms with van der Waals surface area (Å²) in [6.07, 6.45) is 0. The van der Waals surface area contributed by atoms with Gasteiger partial charge < -0.3 is 4.43 Å². The molecule has 0 atom stereocenters. The third-order valence-electron chi connectivity index (χ3n) is 3.42. The van der Waals surface area contributed by atoms with Crippen LogP contribution in [0.15, 0.2) is 17.0 Å². The lowest BCUT2D eigenvalue weighted by Gasteiger charge is -2.36. The third-order valence-corrected chi connectivity index (χ3v) is 9.08. The van der Waals surface area contributed by atoms with E-state index in [0.29, 0.717) is 12.1 Å². The molecule has 1 aromatic rings. The molecule has 0 saturated heterocycles. The van der Waals surface area contributed by atoms with Crippen molar-refractivity contribution in [1.82, 2.24) is 0 Å². The summed E-state index contributed by atoms with van der Waals surface area (Å²) in [7, 11) is -1.56. The Labute approximate surface area is 123 Å². The topological polar surface area (TPSA) is 43.4 Å². The van der Waals surface area contributed by atoms with Crippen LogP contribution in [-0.4, -0.2) is 16.7 Å². The zero-order chi connectivity index (χ0) is 15.9. The molecule has 0 spiro atoms. The normalized spacial score (nSPS) is 13.4. The van der Waals surface area contributed by atoms with Gasteiger partial charge in [0.15, 0.2) is 17.4 Å². The van der Waals surface area contributed by atoms with Gasteiger partial charge in [0.1, 0.15) is 0 Å². The molecule has 0 aromatic heterocycles. The molecule has 1 aromatic carbocycles. The van der Waals surface area contributed by atoms with Gasteiger partial charge >= 0.3 is 0 Å². The van der Waals surface area contributed by atoms with Crippen LogP contribution in [0.5, 0.6) is 5.75 Å². The quantitative estimate of drug-likeness (QED) is 0.608. The van der Waals surface area contributed by atoms with Crippen LogP contribution in [0.1, 0.15) is 20.8 Å². The predicted octanol–water partition coefficient (Wildman–Crippen LogP) is 4.28. The van der Waals surface area contributed by atoms with Crippen LogP contribution in [0.25, 0.3) is 0 Å². The Morgan fingerprint density at radius 3 is 1.85 bits per heavy atom. The lowest BCUT2D eigenvalue weighted by atomic mass is 10.2. The van der Waals surface area contributed by atoms with Gasteiger partial charge in [-0.1, -0.05) is 20.8 Å². The standard InChI is InChI=1S/C12H17ClF2O3SSi/c1-12(2,3)20(4,5)18-11-9(14)6-8(7-10(11)15)19(13,16)17/h6-7H,1-5H3. The molecule has 0 saturated carbocycles. The van der Waals surface area contributed by atoms with Crippen molar-refractivity contribution in [3.8, 4) is 5.75 Å². The van der Waals surface area contributed by atoms with E-state index >= 15 is 0 Å². The number of benzene rings is 1. The lowest BCUT2D eigenvalue weighted by molar-refractivity contribution is 0.421. The van der Waals surface area contributed by atoms with Crippen molar-refractivity contribution < 1.29 is 21.6 Å². The van der Waals surface area contributed by atoms with Crippen LogP contribution in [0.2, 0.25) is 18.1 Å². The molecule has 0 aliphatic carbocycles.